The smallest absolute Gasteiger partial charge is 0.234 e. The third-order valence-electron chi connectivity index (χ3n) is 24.8. The predicted molar refractivity (Wildman–Crippen MR) is 533 cm³/mol. The minimum atomic E-state index is -0.506. The largest absolute Gasteiger partial charge is 0.456 e. The van der Waals surface area contributed by atoms with Gasteiger partial charge in [-0.05, 0) is 180 Å². The number of benzene rings is 15. The van der Waals surface area contributed by atoms with Crippen LogP contribution in [0.25, 0.3) is 120 Å². The van der Waals surface area contributed by atoms with E-state index < -0.39 is 11.6 Å². The van der Waals surface area contributed by atoms with E-state index in [4.69, 9.17) is 27.7 Å². The highest BCUT2D eigenvalue weighted by atomic mass is 79.9. The van der Waals surface area contributed by atoms with Crippen LogP contribution in [-0.4, -0.2) is 27.6 Å². The molecule has 0 unspecified atom stereocenters. The number of fused-ring (bicyclic) bond motifs is 22. The number of ketones is 2. The predicted octanol–water partition coefficient (Wildman–Crippen LogP) is 33.4. The summed E-state index contributed by atoms with van der Waals surface area (Å²) in [5.41, 5.74) is 25.9. The second-order valence-electron chi connectivity index (χ2n) is 38.7. The standard InChI is InChI=1S/C66H60N2O2.C34H28O4.C16H16BrN/c1-39(2)41-21-17-23-43(37-41)60(67-45-25-13-11-14-26-45)57-49-35-36-54-55(51-30-20-32-53(63(51)69-54)66(8,9)10)56(49)59-50(34-33-48-47-29-19-31-52(65(5,6)7)62(47)70-64(48)59)58(57)61(68-46-27-15-12-16-28-46)44-24-18-22-42(38-44)40(3)4;1-33(2,3)22-11-7-9-17-18-13-14-20-27(32(18)38-30(17)22)26-19(28(35)29(20)36)15-16-24-25(26)21-10-8-12-23(31(21)37-24)34(4,5)6;1-12(2)13-7-6-8-14(11-13)16(17)18-15-9-4-3-5-10-15/h11-40H,1-10H3;7-16H,1-6H3;3-12H,1-2H3. The molecule has 4 aromatic heterocycles. The molecule has 0 spiro atoms. The zero-order valence-corrected chi connectivity index (χ0v) is 76.6. The van der Waals surface area contributed by atoms with E-state index in [0.717, 1.165) is 170 Å². The lowest BCUT2D eigenvalue weighted by atomic mass is 9.80. The molecule has 9 nitrogen and oxygen atoms in total. The first-order valence-electron chi connectivity index (χ1n) is 44.0. The number of Topliss-reactive ketones (excluding diaryl/α,β-unsaturated/α-hetero) is 2. The van der Waals surface area contributed by atoms with Crippen molar-refractivity contribution >= 4 is 170 Å². The van der Waals surface area contributed by atoms with Gasteiger partial charge in [-0.25, -0.2) is 15.0 Å². The Hall–Kier alpha value is -13.2. The lowest BCUT2D eigenvalue weighted by Gasteiger charge is -2.23. The topological polar surface area (TPSA) is 124 Å². The van der Waals surface area contributed by atoms with Gasteiger partial charge in [0.1, 0.15) is 49.3 Å². The number of carbonyl (C=O) groups is 2. The van der Waals surface area contributed by atoms with Gasteiger partial charge in [0, 0.05) is 126 Å². The number of hydrogen-bond donors (Lipinski definition) is 0. The van der Waals surface area contributed by atoms with Crippen molar-refractivity contribution in [3.63, 3.8) is 0 Å². The number of furan rings is 4. The molecule has 20 rings (SSSR count). The molecular formula is C116H104BrN3O6. The number of aliphatic imine (C=N–C) groups is 3. The van der Waals surface area contributed by atoms with Gasteiger partial charge < -0.3 is 17.7 Å². The lowest BCUT2D eigenvalue weighted by Crippen LogP contribution is -2.21. The van der Waals surface area contributed by atoms with Crippen LogP contribution in [0.2, 0.25) is 0 Å². The summed E-state index contributed by atoms with van der Waals surface area (Å²) in [5.74, 6) is 0.123. The summed E-state index contributed by atoms with van der Waals surface area (Å²) in [6, 6.07) is 99.0. The quantitative estimate of drug-likeness (QED) is 0.0722. The molecule has 126 heavy (non-hydrogen) atoms. The van der Waals surface area contributed by atoms with Crippen LogP contribution in [-0.2, 0) is 21.7 Å². The Morgan fingerprint density at radius 3 is 1.06 bits per heavy atom. The number of carbonyl (C=O) groups excluding carboxylic acids is 2. The molecule has 0 saturated heterocycles. The Bertz CT molecular complexity index is 7680. The van der Waals surface area contributed by atoms with E-state index in [1.807, 2.05) is 54.6 Å². The Kier molecular flexibility index (Phi) is 21.6. The van der Waals surface area contributed by atoms with Crippen LogP contribution in [0.1, 0.15) is 230 Å². The van der Waals surface area contributed by atoms with E-state index in [-0.39, 0.29) is 21.7 Å². The Morgan fingerprint density at radius 2 is 0.603 bits per heavy atom. The van der Waals surface area contributed by atoms with Crippen LogP contribution < -0.4 is 0 Å². The molecular weight excluding hydrogens is 1610 g/mol. The van der Waals surface area contributed by atoms with Crippen LogP contribution in [0.5, 0.6) is 0 Å². The molecule has 0 N–H and O–H groups in total. The summed E-state index contributed by atoms with van der Waals surface area (Å²) in [6.45, 7) is 40.0. The fourth-order valence-corrected chi connectivity index (χ4v) is 18.7. The summed E-state index contributed by atoms with van der Waals surface area (Å²) in [7, 11) is 0. The van der Waals surface area contributed by atoms with E-state index in [0.29, 0.717) is 51.2 Å². The molecule has 4 heterocycles. The highest BCUT2D eigenvalue weighted by molar-refractivity contribution is 9.18. The normalized spacial score (nSPS) is 13.3. The van der Waals surface area contributed by atoms with Crippen molar-refractivity contribution in [3.8, 4) is 11.1 Å². The highest BCUT2D eigenvalue weighted by Crippen LogP contribution is 2.53. The Balaban J connectivity index is 0.000000158. The van der Waals surface area contributed by atoms with Gasteiger partial charge in [0.05, 0.1) is 28.5 Å². The maximum atomic E-state index is 13.4. The molecule has 0 bridgehead atoms. The van der Waals surface area contributed by atoms with Crippen molar-refractivity contribution in [2.24, 2.45) is 15.0 Å². The minimum absolute atomic E-state index is 0.130. The van der Waals surface area contributed by atoms with Crippen molar-refractivity contribution in [3.05, 3.63) is 363 Å². The van der Waals surface area contributed by atoms with Gasteiger partial charge in [0.25, 0.3) is 0 Å². The second kappa shape index (κ2) is 32.4. The number of halogens is 1. The van der Waals surface area contributed by atoms with Crippen molar-refractivity contribution in [1.29, 1.82) is 0 Å². The van der Waals surface area contributed by atoms with Crippen LogP contribution in [0.4, 0.5) is 17.1 Å². The lowest BCUT2D eigenvalue weighted by molar-refractivity contribution is 0.0815. The summed E-state index contributed by atoms with van der Waals surface area (Å²) in [5, 5.41) is 12.1. The number of nitrogens with zero attached hydrogens (tertiary/aromatic N) is 3. The van der Waals surface area contributed by atoms with Crippen molar-refractivity contribution < 1.29 is 27.3 Å². The molecule has 1 aliphatic rings. The SMILES string of the molecule is CC(C)(C)c1cccc2c1oc1c3c(ccc12)C(=O)C(=O)c1ccc2oc4c(C(C)(C)C)cccc4c2c1-3.CC(C)c1cccc(C(=Nc2ccccc2)c2c(C(=Nc3ccccc3)c3cccc(C(C)C)c3)c3ccc4oc5c(C(C)(C)C)cccc5c4c3c3c2ccc2c4cccc(C(C)(C)C)c4oc23)c1.CC(C)c1cccc(C(Br)=Nc2ccccc2)c1. The summed E-state index contributed by atoms with van der Waals surface area (Å²) >= 11 is 3.56. The van der Waals surface area contributed by atoms with Crippen molar-refractivity contribution in [2.75, 3.05) is 0 Å². The molecule has 15 aromatic carbocycles. The molecule has 1 aliphatic carbocycles. The van der Waals surface area contributed by atoms with Crippen LogP contribution >= 0.6 is 15.9 Å². The number of rotatable bonds is 11. The first kappa shape index (κ1) is 83.7. The number of para-hydroxylation sites is 7. The van der Waals surface area contributed by atoms with E-state index in [9.17, 15) is 9.59 Å². The van der Waals surface area contributed by atoms with E-state index in [1.54, 1.807) is 12.1 Å². The van der Waals surface area contributed by atoms with Crippen LogP contribution in [0.3, 0.4) is 0 Å². The zero-order valence-electron chi connectivity index (χ0n) is 75.0. The van der Waals surface area contributed by atoms with Crippen molar-refractivity contribution in [1.82, 2.24) is 0 Å². The summed E-state index contributed by atoms with van der Waals surface area (Å²) in [6.07, 6.45) is 0. The van der Waals surface area contributed by atoms with Crippen molar-refractivity contribution in [2.45, 2.75) is 164 Å². The van der Waals surface area contributed by atoms with Gasteiger partial charge in [0.2, 0.25) is 11.6 Å². The average Bonchev–Trinajstić information content (AvgIpc) is 1.42. The monoisotopic (exact) mass is 1710 g/mol. The molecule has 0 aliphatic heterocycles. The molecule has 0 amide bonds. The molecule has 0 fully saturated rings. The van der Waals surface area contributed by atoms with Gasteiger partial charge in [0.15, 0.2) is 0 Å². The molecule has 0 saturated carbocycles. The maximum Gasteiger partial charge on any atom is 0.234 e. The van der Waals surface area contributed by atoms with Crippen LogP contribution in [0.15, 0.2) is 318 Å². The fraction of sp³-hybridized carbons (Fsp3) is 0.216. The molecule has 19 aromatic rings. The van der Waals surface area contributed by atoms with Crippen LogP contribution in [0, 0.1) is 0 Å². The molecule has 0 atom stereocenters. The number of hydrogen-bond acceptors (Lipinski definition) is 9. The maximum absolute atomic E-state index is 13.4. The second-order valence-corrected chi connectivity index (χ2v) is 39.4. The van der Waals surface area contributed by atoms with Gasteiger partial charge in [-0.3, -0.25) is 9.59 Å². The van der Waals surface area contributed by atoms with Gasteiger partial charge in [-0.1, -0.05) is 313 Å². The van der Waals surface area contributed by atoms with E-state index in [2.05, 4.69) is 364 Å². The van der Waals surface area contributed by atoms with Gasteiger partial charge in [-0.15, -0.1) is 0 Å². The first-order chi connectivity index (χ1) is 60.3. The molecule has 0 radical (unpaired) electrons. The van der Waals surface area contributed by atoms with Gasteiger partial charge >= 0.3 is 0 Å². The zero-order chi connectivity index (χ0) is 88.3. The van der Waals surface area contributed by atoms with E-state index in [1.165, 1.54) is 27.8 Å². The third kappa shape index (κ3) is 15.2. The fourth-order valence-electron chi connectivity index (χ4n) is 18.3. The summed E-state index contributed by atoms with van der Waals surface area (Å²) < 4.78 is 28.6. The molecule has 10 heteroatoms. The summed E-state index contributed by atoms with van der Waals surface area (Å²) in [4.78, 5) is 42.9. The first-order valence-corrected chi connectivity index (χ1v) is 44.8. The average molecular weight is 1720 g/mol. The molecule has 626 valence electrons. The van der Waals surface area contributed by atoms with E-state index >= 15 is 0 Å². The van der Waals surface area contributed by atoms with Gasteiger partial charge in [-0.2, -0.15) is 0 Å². The highest BCUT2D eigenvalue weighted by Gasteiger charge is 2.38. The third-order valence-corrected chi connectivity index (χ3v) is 25.4. The Morgan fingerprint density at radius 1 is 0.278 bits per heavy atom. The Labute approximate surface area is 745 Å². The minimum Gasteiger partial charge on any atom is -0.456 e.